The van der Waals surface area contributed by atoms with Gasteiger partial charge in [-0.2, -0.15) is 0 Å². The Hall–Kier alpha value is -1.74. The third kappa shape index (κ3) is 3.36. The summed E-state index contributed by atoms with van der Waals surface area (Å²) in [6, 6.07) is 9.50. The molecule has 17 heavy (non-hydrogen) atoms. The van der Waals surface area contributed by atoms with Gasteiger partial charge in [0, 0.05) is 24.4 Å². The Morgan fingerprint density at radius 1 is 1.24 bits per heavy atom. The molecule has 0 bridgehead atoms. The highest BCUT2D eigenvalue weighted by molar-refractivity contribution is 6.30. The maximum atomic E-state index is 5.84. The van der Waals surface area contributed by atoms with Crippen LogP contribution in [0.4, 0.5) is 5.69 Å². The van der Waals surface area contributed by atoms with E-state index in [9.17, 15) is 0 Å². The molecule has 0 spiro atoms. The molecule has 0 aliphatic rings. The molecule has 1 aromatic heterocycles. The fourth-order valence-electron chi connectivity index (χ4n) is 1.51. The monoisotopic (exact) mass is 248 g/mol. The lowest BCUT2D eigenvalue weighted by Gasteiger charge is -2.07. The van der Waals surface area contributed by atoms with Gasteiger partial charge in [0.25, 0.3) is 0 Å². The largest absolute Gasteiger partial charge is 0.492 e. The number of nitrogens with two attached hydrogens (primary N) is 1. The fraction of sp³-hybridized carbons (Fsp3) is 0.154. The molecule has 88 valence electrons. The minimum atomic E-state index is 0.552. The fourth-order valence-corrected chi connectivity index (χ4v) is 1.68. The van der Waals surface area contributed by atoms with Crippen molar-refractivity contribution in [3.63, 3.8) is 0 Å². The zero-order valence-electron chi connectivity index (χ0n) is 9.27. The first kappa shape index (κ1) is 11.7. The number of pyridine rings is 1. The van der Waals surface area contributed by atoms with Crippen LogP contribution in [0, 0.1) is 0 Å². The van der Waals surface area contributed by atoms with Crippen LogP contribution in [0.1, 0.15) is 5.56 Å². The topological polar surface area (TPSA) is 48.1 Å². The van der Waals surface area contributed by atoms with Gasteiger partial charge < -0.3 is 10.5 Å². The van der Waals surface area contributed by atoms with Crippen LogP contribution in [0.3, 0.4) is 0 Å². The molecule has 0 aliphatic heterocycles. The summed E-state index contributed by atoms with van der Waals surface area (Å²) in [5, 5.41) is 0.571. The first-order valence-corrected chi connectivity index (χ1v) is 5.70. The molecule has 0 saturated carbocycles. The second kappa shape index (κ2) is 5.55. The maximum absolute atomic E-state index is 5.84. The molecule has 3 nitrogen and oxygen atoms in total. The molecule has 0 fully saturated rings. The smallest absolute Gasteiger partial charge is 0.139 e. The minimum absolute atomic E-state index is 0.552. The van der Waals surface area contributed by atoms with Crippen molar-refractivity contribution in [1.82, 2.24) is 4.98 Å². The quantitative estimate of drug-likeness (QED) is 0.847. The van der Waals surface area contributed by atoms with Crippen LogP contribution in [0.2, 0.25) is 5.02 Å². The number of nitrogens with zero attached hydrogens (tertiary/aromatic N) is 1. The molecule has 0 amide bonds. The number of benzene rings is 1. The van der Waals surface area contributed by atoms with Crippen molar-refractivity contribution >= 4 is 17.3 Å². The summed E-state index contributed by atoms with van der Waals surface area (Å²) in [6.45, 7) is 0.552. The first-order chi connectivity index (χ1) is 8.25. The van der Waals surface area contributed by atoms with E-state index < -0.39 is 0 Å². The predicted molar refractivity (Wildman–Crippen MR) is 69.3 cm³/mol. The summed E-state index contributed by atoms with van der Waals surface area (Å²) < 4.78 is 5.54. The number of rotatable bonds is 4. The number of hydrogen-bond donors (Lipinski definition) is 1. The van der Waals surface area contributed by atoms with Gasteiger partial charge in [0.15, 0.2) is 0 Å². The molecule has 2 aromatic rings. The Balaban J connectivity index is 1.90. The molecule has 0 aliphatic carbocycles. The van der Waals surface area contributed by atoms with Crippen LogP contribution < -0.4 is 10.5 Å². The zero-order chi connectivity index (χ0) is 12.1. The Kier molecular flexibility index (Phi) is 3.83. The van der Waals surface area contributed by atoms with E-state index in [0.29, 0.717) is 17.4 Å². The molecule has 1 heterocycles. The minimum Gasteiger partial charge on any atom is -0.492 e. The summed E-state index contributed by atoms with van der Waals surface area (Å²) in [6.07, 6.45) is 3.98. The Morgan fingerprint density at radius 2 is 2.06 bits per heavy atom. The average Bonchev–Trinajstić information content (AvgIpc) is 2.32. The molecular formula is C13H13ClN2O. The zero-order valence-corrected chi connectivity index (χ0v) is 10.0. The van der Waals surface area contributed by atoms with Crippen LogP contribution in [-0.4, -0.2) is 11.6 Å². The number of ether oxygens (including phenoxy) is 1. The number of nitrogen functional groups attached to an aromatic ring is 1. The first-order valence-electron chi connectivity index (χ1n) is 5.32. The van der Waals surface area contributed by atoms with Crippen LogP contribution in [0.15, 0.2) is 42.7 Å². The summed E-state index contributed by atoms with van der Waals surface area (Å²) in [7, 11) is 0. The highest BCUT2D eigenvalue weighted by Gasteiger charge is 1.99. The van der Waals surface area contributed by atoms with Gasteiger partial charge in [-0.15, -0.1) is 0 Å². The molecule has 4 heteroatoms. The summed E-state index contributed by atoms with van der Waals surface area (Å²) in [4.78, 5) is 3.95. The van der Waals surface area contributed by atoms with E-state index in [1.165, 1.54) is 0 Å². The van der Waals surface area contributed by atoms with Gasteiger partial charge in [-0.1, -0.05) is 29.8 Å². The number of aromatic nitrogens is 1. The SMILES string of the molecule is Nc1ccccc1CCOc1cncc(Cl)c1. The summed E-state index contributed by atoms with van der Waals surface area (Å²) in [5.74, 6) is 0.673. The molecule has 0 saturated heterocycles. The van der Waals surface area contributed by atoms with Crippen LogP contribution >= 0.6 is 11.6 Å². The van der Waals surface area contributed by atoms with Crippen molar-refractivity contribution in [2.24, 2.45) is 0 Å². The molecule has 0 unspecified atom stereocenters. The summed E-state index contributed by atoms with van der Waals surface area (Å²) >= 11 is 5.80. The van der Waals surface area contributed by atoms with Gasteiger partial charge in [0.05, 0.1) is 17.8 Å². The Bertz CT molecular complexity index is 502. The normalized spacial score (nSPS) is 10.2. The molecule has 1 aromatic carbocycles. The van der Waals surface area contributed by atoms with Crippen molar-refractivity contribution in [3.05, 3.63) is 53.3 Å². The van der Waals surface area contributed by atoms with Crippen molar-refractivity contribution in [3.8, 4) is 5.75 Å². The van der Waals surface area contributed by atoms with Crippen LogP contribution in [0.25, 0.3) is 0 Å². The number of para-hydroxylation sites is 1. The second-order valence-corrected chi connectivity index (χ2v) is 4.07. The van der Waals surface area contributed by atoms with E-state index in [-0.39, 0.29) is 0 Å². The molecule has 2 N–H and O–H groups in total. The molecule has 0 radical (unpaired) electrons. The van der Waals surface area contributed by atoms with Crippen molar-refractivity contribution < 1.29 is 4.74 Å². The lowest BCUT2D eigenvalue weighted by atomic mass is 10.1. The molecular weight excluding hydrogens is 236 g/mol. The lowest BCUT2D eigenvalue weighted by Crippen LogP contribution is -2.03. The summed E-state index contributed by atoms with van der Waals surface area (Å²) in [5.41, 5.74) is 7.71. The van der Waals surface area contributed by atoms with E-state index in [0.717, 1.165) is 17.7 Å². The van der Waals surface area contributed by atoms with E-state index in [4.69, 9.17) is 22.1 Å². The van der Waals surface area contributed by atoms with E-state index in [2.05, 4.69) is 4.98 Å². The van der Waals surface area contributed by atoms with Crippen molar-refractivity contribution in [2.45, 2.75) is 6.42 Å². The van der Waals surface area contributed by atoms with Crippen LogP contribution in [-0.2, 0) is 6.42 Å². The number of hydrogen-bond acceptors (Lipinski definition) is 3. The van der Waals surface area contributed by atoms with Crippen LogP contribution in [0.5, 0.6) is 5.75 Å². The van der Waals surface area contributed by atoms with E-state index >= 15 is 0 Å². The van der Waals surface area contributed by atoms with Crippen molar-refractivity contribution in [2.75, 3.05) is 12.3 Å². The van der Waals surface area contributed by atoms with Crippen molar-refractivity contribution in [1.29, 1.82) is 0 Å². The van der Waals surface area contributed by atoms with Gasteiger partial charge in [-0.05, 0) is 11.6 Å². The van der Waals surface area contributed by atoms with E-state index in [1.54, 1.807) is 18.5 Å². The van der Waals surface area contributed by atoms with Gasteiger partial charge >= 0.3 is 0 Å². The second-order valence-electron chi connectivity index (χ2n) is 3.64. The Morgan fingerprint density at radius 3 is 2.82 bits per heavy atom. The maximum Gasteiger partial charge on any atom is 0.139 e. The van der Waals surface area contributed by atoms with Gasteiger partial charge in [-0.3, -0.25) is 4.98 Å². The van der Waals surface area contributed by atoms with Gasteiger partial charge in [0.2, 0.25) is 0 Å². The predicted octanol–water partition coefficient (Wildman–Crippen LogP) is 2.94. The lowest BCUT2D eigenvalue weighted by molar-refractivity contribution is 0.321. The van der Waals surface area contributed by atoms with Gasteiger partial charge in [0.1, 0.15) is 5.75 Å². The highest BCUT2D eigenvalue weighted by atomic mass is 35.5. The third-order valence-electron chi connectivity index (χ3n) is 2.38. The van der Waals surface area contributed by atoms with Gasteiger partial charge in [-0.25, -0.2) is 0 Å². The average molecular weight is 249 g/mol. The highest BCUT2D eigenvalue weighted by Crippen LogP contribution is 2.16. The number of halogens is 1. The number of anilines is 1. The Labute approximate surface area is 105 Å². The standard InChI is InChI=1S/C13H13ClN2O/c14-11-7-12(9-16-8-11)17-6-5-10-3-1-2-4-13(10)15/h1-4,7-9H,5-6,15H2. The van der Waals surface area contributed by atoms with E-state index in [1.807, 2.05) is 24.3 Å². The molecule has 0 atom stereocenters. The molecule has 2 rings (SSSR count). The third-order valence-corrected chi connectivity index (χ3v) is 2.58.